The SMILES string of the molecule is CNCCN(OC(=O)OC(C)(C)C)C(=O)OC(C)(C)C.[CH2-]CN(C[CH2-])Cc1ccc(C#Cc2ccc(C=O)cc2)cc1.[U+2]. The number of carbonyl (C=O) groups excluding carboxylic acids is 3. The second-order valence-corrected chi connectivity index (χ2v) is 11.2. The van der Waals surface area contributed by atoms with Gasteiger partial charge in [0.2, 0.25) is 0 Å². The Bertz CT molecular complexity index is 1170. The van der Waals surface area contributed by atoms with Crippen LogP contribution < -0.4 is 5.32 Å². The number of nitrogens with zero attached hydrogens (tertiary/aromatic N) is 2. The monoisotopic (exact) mass is 817 g/mol. The van der Waals surface area contributed by atoms with E-state index in [4.69, 9.17) is 14.3 Å². The van der Waals surface area contributed by atoms with Crippen LogP contribution in [-0.2, 0) is 20.9 Å². The van der Waals surface area contributed by atoms with Crippen molar-refractivity contribution in [2.75, 3.05) is 33.2 Å². The molecule has 232 valence electrons. The first kappa shape index (κ1) is 40.2. The maximum atomic E-state index is 11.9. The largest absolute Gasteiger partial charge is 2.00 e. The van der Waals surface area contributed by atoms with Gasteiger partial charge >= 0.3 is 43.4 Å². The summed E-state index contributed by atoms with van der Waals surface area (Å²) in [4.78, 5) is 41.2. The van der Waals surface area contributed by atoms with Crippen molar-refractivity contribution in [3.63, 3.8) is 0 Å². The topological polar surface area (TPSA) is 97.4 Å². The molecular formula is C33H45N3O6U. The zero-order valence-electron chi connectivity index (χ0n) is 26.5. The summed E-state index contributed by atoms with van der Waals surface area (Å²) in [6, 6.07) is 15.4. The van der Waals surface area contributed by atoms with E-state index < -0.39 is 23.5 Å². The molecule has 0 fully saturated rings. The molecule has 0 atom stereocenters. The molecule has 0 aliphatic heterocycles. The van der Waals surface area contributed by atoms with Gasteiger partial charge in [-0.25, -0.2) is 9.59 Å². The van der Waals surface area contributed by atoms with Crippen LogP contribution in [0.1, 0.15) is 68.6 Å². The van der Waals surface area contributed by atoms with Crippen molar-refractivity contribution < 1.29 is 59.8 Å². The number of ether oxygens (including phenoxy) is 2. The third-order valence-electron chi connectivity index (χ3n) is 5.13. The summed E-state index contributed by atoms with van der Waals surface area (Å²) in [5.74, 6) is 6.23. The zero-order valence-corrected chi connectivity index (χ0v) is 30.7. The molecule has 0 saturated carbocycles. The van der Waals surface area contributed by atoms with E-state index in [-0.39, 0.29) is 37.7 Å². The van der Waals surface area contributed by atoms with Gasteiger partial charge in [-0.05, 0) is 78.4 Å². The molecule has 9 nitrogen and oxygen atoms in total. The molecule has 0 spiro atoms. The number of nitrogens with one attached hydrogen (secondary N) is 1. The van der Waals surface area contributed by atoms with E-state index in [9.17, 15) is 14.4 Å². The van der Waals surface area contributed by atoms with Gasteiger partial charge in [-0.2, -0.15) is 0 Å². The summed E-state index contributed by atoms with van der Waals surface area (Å²) in [6.07, 6.45) is -0.852. The molecule has 0 bridgehead atoms. The van der Waals surface area contributed by atoms with Crippen LogP contribution in [0, 0.1) is 56.8 Å². The first-order chi connectivity index (χ1) is 19.7. The second kappa shape index (κ2) is 20.2. The minimum atomic E-state index is -0.945. The number of aldehydes is 1. The van der Waals surface area contributed by atoms with Gasteiger partial charge in [0.1, 0.15) is 17.5 Å². The fraction of sp³-hybridized carbons (Fsp3) is 0.424. The number of amides is 1. The predicted octanol–water partition coefficient (Wildman–Crippen LogP) is 5.68. The molecule has 2 rings (SSSR count). The summed E-state index contributed by atoms with van der Waals surface area (Å²) < 4.78 is 10.2. The van der Waals surface area contributed by atoms with Crippen molar-refractivity contribution in [1.82, 2.24) is 15.3 Å². The number of rotatable bonds is 8. The fourth-order valence-corrected chi connectivity index (χ4v) is 3.07. The van der Waals surface area contributed by atoms with Crippen LogP contribution >= 0.6 is 0 Å². The average Bonchev–Trinajstić information content (AvgIpc) is 2.92. The Morgan fingerprint density at radius 3 is 1.77 bits per heavy atom. The second-order valence-electron chi connectivity index (χ2n) is 11.2. The molecule has 0 unspecified atom stereocenters. The van der Waals surface area contributed by atoms with E-state index in [1.807, 2.05) is 24.3 Å². The smallest absolute Gasteiger partial charge is 0.442 e. The van der Waals surface area contributed by atoms with Crippen LogP contribution in [0.4, 0.5) is 9.59 Å². The minimum absolute atomic E-state index is 0. The Balaban J connectivity index is 0.000000807. The van der Waals surface area contributed by atoms with Crippen LogP contribution in [0.25, 0.3) is 0 Å². The van der Waals surface area contributed by atoms with E-state index in [1.54, 1.807) is 60.7 Å². The Morgan fingerprint density at radius 1 is 0.860 bits per heavy atom. The van der Waals surface area contributed by atoms with Gasteiger partial charge in [-0.3, -0.25) is 4.79 Å². The minimum Gasteiger partial charge on any atom is -0.442 e. The normalized spacial score (nSPS) is 10.7. The quantitative estimate of drug-likeness (QED) is 0.120. The summed E-state index contributed by atoms with van der Waals surface area (Å²) in [5.41, 5.74) is 2.39. The molecule has 1 N–H and O–H groups in total. The van der Waals surface area contributed by atoms with Gasteiger partial charge in [-0.1, -0.05) is 36.1 Å². The first-order valence-corrected chi connectivity index (χ1v) is 13.7. The summed E-state index contributed by atoms with van der Waals surface area (Å²) in [7, 11) is 1.72. The summed E-state index contributed by atoms with van der Waals surface area (Å²) in [5, 5.41) is 3.70. The van der Waals surface area contributed by atoms with Crippen molar-refractivity contribution in [2.24, 2.45) is 0 Å². The van der Waals surface area contributed by atoms with Crippen LogP contribution in [0.5, 0.6) is 0 Å². The number of hydrogen-bond acceptors (Lipinski definition) is 8. The maximum Gasteiger partial charge on any atom is 2.00 e. The molecule has 0 heterocycles. The molecule has 2 aromatic carbocycles. The fourth-order valence-electron chi connectivity index (χ4n) is 3.07. The Hall–Kier alpha value is -2.82. The number of hydrogen-bond donors (Lipinski definition) is 1. The van der Waals surface area contributed by atoms with Gasteiger partial charge in [-0.15, -0.1) is 18.2 Å². The molecular weight excluding hydrogens is 772 g/mol. The number of benzene rings is 2. The zero-order chi connectivity index (χ0) is 31.8. The van der Waals surface area contributed by atoms with Gasteiger partial charge in [0.05, 0.1) is 6.54 Å². The molecule has 0 radical (unpaired) electrons. The van der Waals surface area contributed by atoms with E-state index >= 15 is 0 Å². The van der Waals surface area contributed by atoms with Crippen molar-refractivity contribution in [3.05, 3.63) is 84.6 Å². The molecule has 43 heavy (non-hydrogen) atoms. The van der Waals surface area contributed by atoms with E-state index in [0.717, 1.165) is 42.1 Å². The molecule has 10 heteroatoms. The van der Waals surface area contributed by atoms with Crippen molar-refractivity contribution in [1.29, 1.82) is 0 Å². The van der Waals surface area contributed by atoms with Crippen molar-refractivity contribution in [3.8, 4) is 11.8 Å². The molecule has 0 aliphatic carbocycles. The van der Waals surface area contributed by atoms with Crippen molar-refractivity contribution in [2.45, 2.75) is 59.3 Å². The van der Waals surface area contributed by atoms with Gasteiger partial charge in [0.25, 0.3) is 0 Å². The Labute approximate surface area is 281 Å². The number of likely N-dealkylation sites (N-methyl/N-ethyl adjacent to an activating group) is 1. The molecule has 0 aliphatic rings. The van der Waals surface area contributed by atoms with Gasteiger partial charge < -0.3 is 38.4 Å². The first-order valence-electron chi connectivity index (χ1n) is 13.7. The Kier molecular flexibility index (Phi) is 18.9. The molecule has 2 aromatic rings. The summed E-state index contributed by atoms with van der Waals surface area (Å²) in [6.45, 7) is 21.1. The third kappa shape index (κ3) is 18.5. The van der Waals surface area contributed by atoms with Crippen molar-refractivity contribution >= 4 is 18.5 Å². The van der Waals surface area contributed by atoms with Crippen LogP contribution in [0.3, 0.4) is 0 Å². The Morgan fingerprint density at radius 2 is 1.35 bits per heavy atom. The van der Waals surface area contributed by atoms with E-state index in [1.165, 1.54) is 5.56 Å². The van der Waals surface area contributed by atoms with Crippen LogP contribution in [0.2, 0.25) is 0 Å². The maximum absolute atomic E-state index is 11.9. The average molecular weight is 818 g/mol. The van der Waals surface area contributed by atoms with Gasteiger partial charge in [0.15, 0.2) is 0 Å². The van der Waals surface area contributed by atoms with Crippen LogP contribution in [-0.4, -0.2) is 72.9 Å². The number of carbonyl (C=O) groups is 3. The standard InChI is InChI=1S/C20H19NO.C13H26N2O5.U/c1-3-21(4-2)15-19-11-7-17(8-12-19)5-6-18-9-13-20(16-22)14-10-18;1-12(2,3)18-10(16)15(9-8-14-7)20-11(17)19-13(4,5)6;/h7-14,16H,1-4,15H2;14H,8-9H2,1-7H3;/q-2;;+2. The third-order valence-corrected chi connectivity index (χ3v) is 5.13. The van der Waals surface area contributed by atoms with E-state index in [0.29, 0.717) is 12.1 Å². The predicted molar refractivity (Wildman–Crippen MR) is 164 cm³/mol. The molecule has 0 saturated heterocycles. The van der Waals surface area contributed by atoms with E-state index in [2.05, 4.69) is 48.0 Å². The molecule has 0 aromatic heterocycles. The summed E-state index contributed by atoms with van der Waals surface area (Å²) >= 11 is 0. The van der Waals surface area contributed by atoms with Crippen LogP contribution in [0.15, 0.2) is 48.5 Å². The van der Waals surface area contributed by atoms with Gasteiger partial charge in [0, 0.05) is 29.8 Å². The number of hydroxylamine groups is 2. The molecule has 1 amide bonds.